The van der Waals surface area contributed by atoms with Crippen molar-refractivity contribution in [1.29, 1.82) is 0 Å². The maximum Gasteiger partial charge on any atom is 0.262 e. The lowest BCUT2D eigenvalue weighted by Gasteiger charge is -2.17. The molecule has 6 nitrogen and oxygen atoms in total. The van der Waals surface area contributed by atoms with Gasteiger partial charge in [0.15, 0.2) is 18.1 Å². The minimum Gasteiger partial charge on any atom is -0.490 e. The van der Waals surface area contributed by atoms with E-state index in [4.69, 9.17) is 21.1 Å². The van der Waals surface area contributed by atoms with Crippen molar-refractivity contribution in [1.82, 2.24) is 5.32 Å². The second kappa shape index (κ2) is 11.7. The summed E-state index contributed by atoms with van der Waals surface area (Å²) in [6.45, 7) is 6.71. The van der Waals surface area contributed by atoms with Gasteiger partial charge in [-0.25, -0.2) is 0 Å². The molecule has 0 aliphatic carbocycles. The number of hydrogen-bond donors (Lipinski definition) is 3. The Balaban J connectivity index is 2.04. The van der Waals surface area contributed by atoms with Crippen molar-refractivity contribution in [3.63, 3.8) is 0 Å². The number of carbonyl (C=O) groups is 1. The van der Waals surface area contributed by atoms with Crippen molar-refractivity contribution >= 4 is 23.2 Å². The van der Waals surface area contributed by atoms with Gasteiger partial charge in [0.05, 0.1) is 18.2 Å². The van der Waals surface area contributed by atoms with Crippen LogP contribution in [0, 0.1) is 6.92 Å². The van der Waals surface area contributed by atoms with Crippen molar-refractivity contribution in [2.45, 2.75) is 39.8 Å². The quantitative estimate of drug-likeness (QED) is 0.513. The van der Waals surface area contributed by atoms with Crippen molar-refractivity contribution in [2.75, 3.05) is 25.1 Å². The predicted octanol–water partition coefficient (Wildman–Crippen LogP) is 3.93. The molecule has 2 rings (SSSR count). The normalized spacial score (nSPS) is 11.8. The van der Waals surface area contributed by atoms with Crippen molar-refractivity contribution in [2.24, 2.45) is 0 Å². The molecule has 158 valence electrons. The first-order valence-corrected chi connectivity index (χ1v) is 10.1. The Morgan fingerprint density at radius 3 is 2.52 bits per heavy atom. The van der Waals surface area contributed by atoms with Gasteiger partial charge in [-0.05, 0) is 50.1 Å². The summed E-state index contributed by atoms with van der Waals surface area (Å²) in [5.41, 5.74) is 2.73. The monoisotopic (exact) mass is 420 g/mol. The van der Waals surface area contributed by atoms with E-state index in [-0.39, 0.29) is 25.2 Å². The number of rotatable bonds is 11. The first-order chi connectivity index (χ1) is 14.0. The highest BCUT2D eigenvalue weighted by atomic mass is 35.5. The van der Waals surface area contributed by atoms with E-state index < -0.39 is 0 Å². The number of carbonyl (C=O) groups excluding carboxylic acids is 1. The molecule has 0 heterocycles. The van der Waals surface area contributed by atoms with Gasteiger partial charge in [0.2, 0.25) is 0 Å². The highest BCUT2D eigenvalue weighted by molar-refractivity contribution is 6.32. The van der Waals surface area contributed by atoms with Crippen molar-refractivity contribution in [3.8, 4) is 11.5 Å². The molecule has 0 spiro atoms. The molecule has 3 N–H and O–H groups in total. The maximum absolute atomic E-state index is 12.2. The first-order valence-electron chi connectivity index (χ1n) is 9.75. The Labute approximate surface area is 177 Å². The summed E-state index contributed by atoms with van der Waals surface area (Å²) >= 11 is 6.40. The molecule has 0 fully saturated rings. The first kappa shape index (κ1) is 23.0. The molecule has 0 bridgehead atoms. The van der Waals surface area contributed by atoms with Gasteiger partial charge in [-0.3, -0.25) is 4.79 Å². The van der Waals surface area contributed by atoms with Crippen LogP contribution in [0.3, 0.4) is 0 Å². The van der Waals surface area contributed by atoms with Crippen LogP contribution in [-0.2, 0) is 11.3 Å². The van der Waals surface area contributed by atoms with Gasteiger partial charge < -0.3 is 25.2 Å². The zero-order chi connectivity index (χ0) is 21.2. The Bertz CT molecular complexity index is 792. The predicted molar refractivity (Wildman–Crippen MR) is 116 cm³/mol. The molecule has 0 aliphatic heterocycles. The molecule has 2 aromatic carbocycles. The summed E-state index contributed by atoms with van der Waals surface area (Å²) in [5.74, 6) is 0.536. The molecule has 7 heteroatoms. The van der Waals surface area contributed by atoms with E-state index >= 15 is 0 Å². The number of benzene rings is 2. The average molecular weight is 421 g/mol. The lowest BCUT2D eigenvalue weighted by molar-refractivity contribution is -0.118. The molecule has 0 aromatic heterocycles. The number of nitrogens with one attached hydrogen (secondary N) is 2. The fraction of sp³-hybridized carbons (Fsp3) is 0.409. The molecule has 29 heavy (non-hydrogen) atoms. The minimum absolute atomic E-state index is 0.0192. The standard InChI is InChI=1S/C22H29ClN2O4/c1-4-17(13-26)24-12-16-10-19(23)22(20(11-16)28-5-2)29-14-21(27)25-18-8-6-15(3)7-9-18/h6-11,17,24,26H,4-5,12-14H2,1-3H3,(H,25,27)/t17-/m0/s1. The van der Waals surface area contributed by atoms with Crippen LogP contribution in [0.5, 0.6) is 11.5 Å². The summed E-state index contributed by atoms with van der Waals surface area (Å²) in [6, 6.07) is 11.1. The third-order valence-corrected chi connectivity index (χ3v) is 4.64. The van der Waals surface area contributed by atoms with Crippen LogP contribution < -0.4 is 20.1 Å². The summed E-state index contributed by atoms with van der Waals surface area (Å²) in [4.78, 5) is 12.2. The van der Waals surface area contributed by atoms with Crippen LogP contribution in [0.2, 0.25) is 5.02 Å². The van der Waals surface area contributed by atoms with E-state index in [0.29, 0.717) is 35.4 Å². The van der Waals surface area contributed by atoms with Crippen LogP contribution >= 0.6 is 11.6 Å². The molecule has 2 aromatic rings. The van der Waals surface area contributed by atoms with E-state index in [1.807, 2.05) is 51.1 Å². The van der Waals surface area contributed by atoms with E-state index in [1.54, 1.807) is 6.07 Å². The van der Waals surface area contributed by atoms with Gasteiger partial charge in [-0.15, -0.1) is 0 Å². The molecule has 0 unspecified atom stereocenters. The van der Waals surface area contributed by atoms with Gasteiger partial charge in [-0.2, -0.15) is 0 Å². The summed E-state index contributed by atoms with van der Waals surface area (Å²) in [5, 5.41) is 15.7. The minimum atomic E-state index is -0.285. The Morgan fingerprint density at radius 1 is 1.17 bits per heavy atom. The van der Waals surface area contributed by atoms with Crippen LogP contribution in [0.4, 0.5) is 5.69 Å². The summed E-state index contributed by atoms with van der Waals surface area (Å²) in [7, 11) is 0. The lowest BCUT2D eigenvalue weighted by Crippen LogP contribution is -2.31. The highest BCUT2D eigenvalue weighted by Crippen LogP contribution is 2.36. The second-order valence-electron chi connectivity index (χ2n) is 6.71. The fourth-order valence-corrected chi connectivity index (χ4v) is 2.99. The largest absolute Gasteiger partial charge is 0.490 e. The average Bonchev–Trinajstić information content (AvgIpc) is 2.70. The number of aliphatic hydroxyl groups excluding tert-OH is 1. The molecule has 0 saturated carbocycles. The van der Waals surface area contributed by atoms with Gasteiger partial charge >= 0.3 is 0 Å². The van der Waals surface area contributed by atoms with Crippen LogP contribution in [0.25, 0.3) is 0 Å². The summed E-state index contributed by atoms with van der Waals surface area (Å²) in [6.07, 6.45) is 0.819. The Hall–Kier alpha value is -2.28. The van der Waals surface area contributed by atoms with Crippen LogP contribution in [0.15, 0.2) is 36.4 Å². The molecule has 0 radical (unpaired) electrons. The van der Waals surface area contributed by atoms with E-state index in [0.717, 1.165) is 17.5 Å². The molecule has 1 atom stereocenters. The van der Waals surface area contributed by atoms with E-state index in [1.165, 1.54) is 0 Å². The number of amides is 1. The number of aliphatic hydroxyl groups is 1. The number of aryl methyl sites for hydroxylation is 1. The van der Waals surface area contributed by atoms with Crippen LogP contribution in [0.1, 0.15) is 31.4 Å². The topological polar surface area (TPSA) is 79.8 Å². The van der Waals surface area contributed by atoms with E-state index in [9.17, 15) is 9.90 Å². The molecule has 0 aliphatic rings. The number of anilines is 1. The van der Waals surface area contributed by atoms with Gasteiger partial charge in [0.1, 0.15) is 0 Å². The number of ether oxygens (including phenoxy) is 2. The smallest absolute Gasteiger partial charge is 0.262 e. The van der Waals surface area contributed by atoms with E-state index in [2.05, 4.69) is 10.6 Å². The molecule has 0 saturated heterocycles. The Morgan fingerprint density at radius 2 is 1.90 bits per heavy atom. The second-order valence-corrected chi connectivity index (χ2v) is 7.12. The lowest BCUT2D eigenvalue weighted by atomic mass is 10.1. The highest BCUT2D eigenvalue weighted by Gasteiger charge is 2.15. The molecular formula is C22H29ClN2O4. The summed E-state index contributed by atoms with van der Waals surface area (Å²) < 4.78 is 11.3. The third kappa shape index (κ3) is 7.24. The SMILES string of the molecule is CCOc1cc(CN[C@@H](CC)CO)cc(Cl)c1OCC(=O)Nc1ccc(C)cc1. The molecule has 1 amide bonds. The van der Waals surface area contributed by atoms with Crippen molar-refractivity contribution < 1.29 is 19.4 Å². The van der Waals surface area contributed by atoms with Gasteiger partial charge in [0.25, 0.3) is 5.91 Å². The molecular weight excluding hydrogens is 392 g/mol. The zero-order valence-corrected chi connectivity index (χ0v) is 17.9. The van der Waals surface area contributed by atoms with Gasteiger partial charge in [0, 0.05) is 18.3 Å². The van der Waals surface area contributed by atoms with Crippen LogP contribution in [-0.4, -0.2) is 36.9 Å². The van der Waals surface area contributed by atoms with Crippen molar-refractivity contribution in [3.05, 3.63) is 52.5 Å². The third-order valence-electron chi connectivity index (χ3n) is 4.36. The number of hydrogen-bond acceptors (Lipinski definition) is 5. The zero-order valence-electron chi connectivity index (χ0n) is 17.1. The Kier molecular flexibility index (Phi) is 9.25. The fourth-order valence-electron chi connectivity index (χ4n) is 2.70. The number of halogens is 1. The van der Waals surface area contributed by atoms with Gasteiger partial charge in [-0.1, -0.05) is 36.2 Å². The maximum atomic E-state index is 12.2.